The zero-order chi connectivity index (χ0) is 14.4. The Hall–Kier alpha value is -1.85. The number of ether oxygens (including phenoxy) is 2. The average Bonchev–Trinajstić information content (AvgIpc) is 2.93. The van der Waals surface area contributed by atoms with Crippen molar-refractivity contribution in [1.29, 1.82) is 0 Å². The molecular formula is C15H20N2O3. The van der Waals surface area contributed by atoms with Gasteiger partial charge in [-0.2, -0.15) is 0 Å². The lowest BCUT2D eigenvalue weighted by molar-refractivity contribution is 0.155. The second-order valence-electron chi connectivity index (χ2n) is 4.59. The Labute approximate surface area is 118 Å². The fraction of sp³-hybridized carbons (Fsp3) is 0.400. The molecule has 1 aromatic carbocycles. The van der Waals surface area contributed by atoms with Gasteiger partial charge in [-0.05, 0) is 24.1 Å². The van der Waals surface area contributed by atoms with Crippen LogP contribution in [0.3, 0.4) is 0 Å². The molecule has 2 aromatic rings. The van der Waals surface area contributed by atoms with Crippen molar-refractivity contribution in [1.82, 2.24) is 5.16 Å². The first-order valence-electron chi connectivity index (χ1n) is 6.64. The molecule has 1 atom stereocenters. The molecule has 0 amide bonds. The third-order valence-electron chi connectivity index (χ3n) is 3.03. The van der Waals surface area contributed by atoms with Gasteiger partial charge >= 0.3 is 0 Å². The van der Waals surface area contributed by atoms with Gasteiger partial charge in [0.2, 0.25) is 0 Å². The second-order valence-corrected chi connectivity index (χ2v) is 4.59. The van der Waals surface area contributed by atoms with Crippen LogP contribution in [0.2, 0.25) is 0 Å². The summed E-state index contributed by atoms with van der Waals surface area (Å²) in [5, 5.41) is 3.91. The highest BCUT2D eigenvalue weighted by atomic mass is 16.5. The molecule has 5 heteroatoms. The van der Waals surface area contributed by atoms with Crippen LogP contribution < -0.4 is 10.5 Å². The third kappa shape index (κ3) is 3.82. The molecule has 108 valence electrons. The Morgan fingerprint density at radius 1 is 1.25 bits per heavy atom. The molecule has 0 aliphatic carbocycles. The molecular weight excluding hydrogens is 256 g/mol. The van der Waals surface area contributed by atoms with Gasteiger partial charge in [0, 0.05) is 19.2 Å². The van der Waals surface area contributed by atoms with E-state index < -0.39 is 0 Å². The van der Waals surface area contributed by atoms with Crippen LogP contribution in [-0.2, 0) is 18.0 Å². The SMILES string of the molecule is CCC(N)c1ccc(OCc2cc(COC)on2)cc1. The van der Waals surface area contributed by atoms with E-state index in [9.17, 15) is 0 Å². The first-order valence-corrected chi connectivity index (χ1v) is 6.64. The molecule has 2 rings (SSSR count). The van der Waals surface area contributed by atoms with Crippen molar-refractivity contribution in [2.24, 2.45) is 5.73 Å². The van der Waals surface area contributed by atoms with Crippen molar-refractivity contribution < 1.29 is 14.0 Å². The van der Waals surface area contributed by atoms with E-state index in [4.69, 9.17) is 19.7 Å². The summed E-state index contributed by atoms with van der Waals surface area (Å²) < 4.78 is 15.7. The summed E-state index contributed by atoms with van der Waals surface area (Å²) in [4.78, 5) is 0. The van der Waals surface area contributed by atoms with E-state index in [1.54, 1.807) is 7.11 Å². The van der Waals surface area contributed by atoms with Crippen molar-refractivity contribution in [3.05, 3.63) is 47.3 Å². The fourth-order valence-corrected chi connectivity index (χ4v) is 1.84. The molecule has 0 bridgehead atoms. The summed E-state index contributed by atoms with van der Waals surface area (Å²) in [6.45, 7) is 2.85. The van der Waals surface area contributed by atoms with E-state index in [0.717, 1.165) is 23.4 Å². The number of nitrogens with zero attached hydrogens (tertiary/aromatic N) is 1. The molecule has 0 spiro atoms. The highest BCUT2D eigenvalue weighted by molar-refractivity contribution is 5.29. The molecule has 0 aliphatic heterocycles. The molecule has 1 heterocycles. The predicted octanol–water partition coefficient (Wildman–Crippen LogP) is 2.81. The number of rotatable bonds is 7. The minimum Gasteiger partial charge on any atom is -0.487 e. The van der Waals surface area contributed by atoms with E-state index in [1.807, 2.05) is 30.3 Å². The summed E-state index contributed by atoms with van der Waals surface area (Å²) in [5.41, 5.74) is 7.82. The van der Waals surface area contributed by atoms with Gasteiger partial charge < -0.3 is 19.7 Å². The van der Waals surface area contributed by atoms with E-state index in [-0.39, 0.29) is 6.04 Å². The van der Waals surface area contributed by atoms with Crippen LogP contribution in [-0.4, -0.2) is 12.3 Å². The predicted molar refractivity (Wildman–Crippen MR) is 75.2 cm³/mol. The molecule has 0 aliphatic rings. The van der Waals surface area contributed by atoms with E-state index in [1.165, 1.54) is 0 Å². The van der Waals surface area contributed by atoms with E-state index in [2.05, 4.69) is 12.1 Å². The lowest BCUT2D eigenvalue weighted by atomic mass is 10.1. The molecule has 0 radical (unpaired) electrons. The lowest BCUT2D eigenvalue weighted by Crippen LogP contribution is -2.08. The Kier molecular flexibility index (Phi) is 5.15. The number of hydrogen-bond donors (Lipinski definition) is 1. The lowest BCUT2D eigenvalue weighted by Gasteiger charge is -2.10. The van der Waals surface area contributed by atoms with Crippen molar-refractivity contribution in [3.8, 4) is 5.75 Å². The topological polar surface area (TPSA) is 70.5 Å². The average molecular weight is 276 g/mol. The highest BCUT2D eigenvalue weighted by Gasteiger charge is 2.06. The first-order chi connectivity index (χ1) is 9.72. The van der Waals surface area contributed by atoms with Gasteiger partial charge in [-0.1, -0.05) is 24.2 Å². The number of benzene rings is 1. The minimum absolute atomic E-state index is 0.0798. The third-order valence-corrected chi connectivity index (χ3v) is 3.03. The van der Waals surface area contributed by atoms with Crippen molar-refractivity contribution >= 4 is 0 Å². The molecule has 20 heavy (non-hydrogen) atoms. The summed E-state index contributed by atoms with van der Waals surface area (Å²) in [6, 6.07) is 9.72. The van der Waals surface area contributed by atoms with Crippen LogP contribution in [0.4, 0.5) is 0 Å². The maximum Gasteiger partial charge on any atom is 0.162 e. The molecule has 5 nitrogen and oxygen atoms in total. The summed E-state index contributed by atoms with van der Waals surface area (Å²) >= 11 is 0. The summed E-state index contributed by atoms with van der Waals surface area (Å²) in [5.74, 6) is 1.48. The van der Waals surface area contributed by atoms with Crippen molar-refractivity contribution in [2.75, 3.05) is 7.11 Å². The van der Waals surface area contributed by atoms with Crippen LogP contribution in [0, 0.1) is 0 Å². The van der Waals surface area contributed by atoms with E-state index >= 15 is 0 Å². The van der Waals surface area contributed by atoms with Crippen molar-refractivity contribution in [3.63, 3.8) is 0 Å². The number of nitrogens with two attached hydrogens (primary N) is 1. The van der Waals surface area contributed by atoms with E-state index in [0.29, 0.717) is 19.0 Å². The minimum atomic E-state index is 0.0798. The second kappa shape index (κ2) is 7.07. The van der Waals surface area contributed by atoms with Gasteiger partial charge in [0.1, 0.15) is 24.7 Å². The molecule has 0 saturated heterocycles. The smallest absolute Gasteiger partial charge is 0.162 e. The number of aromatic nitrogens is 1. The zero-order valence-electron chi connectivity index (χ0n) is 11.8. The van der Waals surface area contributed by atoms with Crippen LogP contribution in [0.25, 0.3) is 0 Å². The summed E-state index contributed by atoms with van der Waals surface area (Å²) in [7, 11) is 1.61. The maximum atomic E-state index is 5.97. The van der Waals surface area contributed by atoms with Gasteiger partial charge in [0.15, 0.2) is 5.76 Å². The van der Waals surface area contributed by atoms with Crippen LogP contribution in [0.15, 0.2) is 34.9 Å². The Balaban J connectivity index is 1.89. The Morgan fingerprint density at radius 2 is 2.00 bits per heavy atom. The summed E-state index contributed by atoms with van der Waals surface area (Å²) in [6.07, 6.45) is 0.918. The van der Waals surface area contributed by atoms with Gasteiger partial charge in [-0.3, -0.25) is 0 Å². The Bertz CT molecular complexity index is 522. The molecule has 0 fully saturated rings. The quantitative estimate of drug-likeness (QED) is 0.842. The monoisotopic (exact) mass is 276 g/mol. The van der Waals surface area contributed by atoms with Gasteiger partial charge in [-0.25, -0.2) is 0 Å². The normalized spacial score (nSPS) is 12.3. The maximum absolute atomic E-state index is 5.97. The first kappa shape index (κ1) is 14.6. The van der Waals surface area contributed by atoms with Gasteiger partial charge in [0.25, 0.3) is 0 Å². The van der Waals surface area contributed by atoms with Gasteiger partial charge in [0.05, 0.1) is 0 Å². The molecule has 2 N–H and O–H groups in total. The van der Waals surface area contributed by atoms with Gasteiger partial charge in [-0.15, -0.1) is 0 Å². The van der Waals surface area contributed by atoms with Crippen LogP contribution in [0.1, 0.15) is 36.4 Å². The Morgan fingerprint density at radius 3 is 2.65 bits per heavy atom. The molecule has 0 saturated carbocycles. The standard InChI is InChI=1S/C15H20N2O3/c1-3-15(16)11-4-6-13(7-5-11)19-9-12-8-14(10-18-2)20-17-12/h4-8,15H,3,9-10,16H2,1-2H3. The molecule has 1 unspecified atom stereocenters. The van der Waals surface area contributed by atoms with Crippen LogP contribution >= 0.6 is 0 Å². The zero-order valence-corrected chi connectivity index (χ0v) is 11.8. The van der Waals surface area contributed by atoms with Crippen LogP contribution in [0.5, 0.6) is 5.75 Å². The number of methoxy groups -OCH3 is 1. The largest absolute Gasteiger partial charge is 0.487 e. The number of hydrogen-bond acceptors (Lipinski definition) is 5. The molecule has 1 aromatic heterocycles. The fourth-order valence-electron chi connectivity index (χ4n) is 1.84. The van der Waals surface area contributed by atoms with Crippen molar-refractivity contribution in [2.45, 2.75) is 32.6 Å². The highest BCUT2D eigenvalue weighted by Crippen LogP contribution is 2.19.